The molecule has 0 aliphatic heterocycles. The third kappa shape index (κ3) is 18.8. The topological polar surface area (TPSA) is 28.5 Å². The quantitative estimate of drug-likeness (QED) is 0.417. The summed E-state index contributed by atoms with van der Waals surface area (Å²) < 4.78 is 0. The fraction of sp³-hybridized carbons (Fsp3) is 0. The fourth-order valence-corrected chi connectivity index (χ4v) is 0. The molecular formula is IrOPrRuTi+11. The van der Waals surface area contributed by atoms with Gasteiger partial charge in [-0.2, -0.15) is 0 Å². The molecule has 0 amide bonds. The van der Waals surface area contributed by atoms with E-state index in [-0.39, 0.29) is 108 Å². The summed E-state index contributed by atoms with van der Waals surface area (Å²) in [5.74, 6) is 0. The van der Waals surface area contributed by atoms with Gasteiger partial charge in [-0.25, -0.2) is 0 Å². The summed E-state index contributed by atoms with van der Waals surface area (Å²) in [4.78, 5) is 0. The zero-order valence-corrected chi connectivity index (χ0v) is 11.6. The van der Waals surface area contributed by atoms with Gasteiger partial charge in [0.05, 0.1) is 0 Å². The summed E-state index contributed by atoms with van der Waals surface area (Å²) in [7, 11) is 0. The van der Waals surface area contributed by atoms with Crippen LogP contribution in [0.5, 0.6) is 0 Å². The standard InChI is InChI=1S/Ir.O.Pr.Ru.Ti/q+3;-2;2*+3;+4. The van der Waals surface area contributed by atoms with Gasteiger partial charge in [0.1, 0.15) is 0 Å². The Hall–Kier alpha value is 3.31. The van der Waals surface area contributed by atoms with Crippen molar-refractivity contribution in [3.05, 3.63) is 0 Å². The van der Waals surface area contributed by atoms with E-state index in [4.69, 9.17) is 0 Å². The van der Waals surface area contributed by atoms with E-state index in [1.54, 1.807) is 0 Å². The molecule has 0 aromatic heterocycles. The van der Waals surface area contributed by atoms with Crippen LogP contribution in [0.1, 0.15) is 0 Å². The molecule has 0 fully saturated rings. The Morgan fingerprint density at radius 1 is 1.00 bits per heavy atom. The maximum Gasteiger partial charge on any atom is 4.00 e. The third-order valence-corrected chi connectivity index (χ3v) is 0. The zero-order valence-electron chi connectivity index (χ0n) is 2.17. The molecule has 0 aliphatic carbocycles. The summed E-state index contributed by atoms with van der Waals surface area (Å²) in [6, 6.07) is 0. The predicted octanol–water partition coefficient (Wildman–Crippen LogP) is -0.126. The van der Waals surface area contributed by atoms with E-state index in [1.807, 2.05) is 0 Å². The zero-order chi connectivity index (χ0) is 0. The molecule has 0 heterocycles. The van der Waals surface area contributed by atoms with Gasteiger partial charge in [0.25, 0.3) is 0 Å². The van der Waals surface area contributed by atoms with Gasteiger partial charge >= 0.3 is 103 Å². The van der Waals surface area contributed by atoms with Crippen LogP contribution in [0.25, 0.3) is 0 Å². The molecule has 0 rings (SSSR count). The first-order valence-corrected chi connectivity index (χ1v) is 0. The van der Waals surface area contributed by atoms with Crippen LogP contribution < -0.4 is 0 Å². The van der Waals surface area contributed by atoms with Gasteiger partial charge < -0.3 is 5.48 Å². The molecule has 0 N–H and O–H groups in total. The Kier molecular flexibility index (Phi) is 215. The van der Waals surface area contributed by atoms with Crippen molar-refractivity contribution >= 4 is 0 Å². The van der Waals surface area contributed by atoms with Crippen LogP contribution in [0.4, 0.5) is 0 Å². The van der Waals surface area contributed by atoms with Crippen LogP contribution in [-0.4, -0.2) is 0 Å². The molecule has 0 aliphatic rings. The van der Waals surface area contributed by atoms with E-state index in [0.29, 0.717) is 0 Å². The molecule has 0 atom stereocenters. The first-order valence-electron chi connectivity index (χ1n) is 0. The van der Waals surface area contributed by atoms with Gasteiger partial charge in [-0.1, -0.05) is 0 Å². The van der Waals surface area contributed by atoms with Crippen molar-refractivity contribution in [1.29, 1.82) is 0 Å². The Morgan fingerprint density at radius 3 is 1.00 bits per heavy atom. The monoisotopic (exact) mass is 500 g/mol. The molecule has 0 saturated heterocycles. The normalized spacial score (nSPS) is 0. The average molecular weight is 498 g/mol. The molecular weight excluding hydrogens is 498 g/mol. The number of rotatable bonds is 0. The number of hydrogen-bond donors (Lipinski definition) is 0. The Morgan fingerprint density at radius 2 is 1.00 bits per heavy atom. The molecule has 0 spiro atoms. The maximum absolute atomic E-state index is 0. The van der Waals surface area contributed by atoms with Crippen LogP contribution >= 0.6 is 0 Å². The Bertz CT molecular complexity index is 11.6. The van der Waals surface area contributed by atoms with Crippen molar-refractivity contribution in [1.82, 2.24) is 0 Å². The molecule has 5 heteroatoms. The van der Waals surface area contributed by atoms with Gasteiger partial charge in [0, 0.05) is 0 Å². The van der Waals surface area contributed by atoms with Crippen molar-refractivity contribution in [2.75, 3.05) is 0 Å². The number of hydrogen-bond acceptors (Lipinski definition) is 0. The van der Waals surface area contributed by atoms with Crippen LogP contribution in [0.3, 0.4) is 0 Å². The minimum absolute atomic E-state index is 0. The molecule has 1 nitrogen and oxygen atoms in total. The third-order valence-electron chi connectivity index (χ3n) is 0. The van der Waals surface area contributed by atoms with Crippen LogP contribution in [-0.2, 0) is 66.8 Å². The summed E-state index contributed by atoms with van der Waals surface area (Å²) in [6.07, 6.45) is 0. The Labute approximate surface area is 106 Å². The van der Waals surface area contributed by atoms with Gasteiger partial charge in [-0.05, 0) is 0 Å². The predicted molar refractivity (Wildman–Crippen MR) is 0.686 cm³/mol. The molecule has 19 valence electrons. The van der Waals surface area contributed by atoms with E-state index in [9.17, 15) is 0 Å². The second-order valence-corrected chi connectivity index (χ2v) is 0. The van der Waals surface area contributed by atoms with Crippen molar-refractivity contribution < 1.29 is 108 Å². The largest absolute Gasteiger partial charge is 4.00 e. The molecule has 0 bridgehead atoms. The Balaban J connectivity index is 0. The fourth-order valence-electron chi connectivity index (χ4n) is 0. The summed E-state index contributed by atoms with van der Waals surface area (Å²) in [5.41, 5.74) is 0. The maximum atomic E-state index is 0. The summed E-state index contributed by atoms with van der Waals surface area (Å²) in [6.45, 7) is 0. The van der Waals surface area contributed by atoms with Crippen molar-refractivity contribution in [2.24, 2.45) is 0 Å². The molecule has 5 heavy (non-hydrogen) atoms. The second-order valence-electron chi connectivity index (χ2n) is 0. The molecule has 0 aromatic carbocycles. The average Bonchev–Trinajstić information content (AvgIpc) is 0. The van der Waals surface area contributed by atoms with Gasteiger partial charge in [0.15, 0.2) is 0 Å². The molecule has 0 saturated carbocycles. The van der Waals surface area contributed by atoms with E-state index in [1.165, 1.54) is 0 Å². The first kappa shape index (κ1) is 40.5. The van der Waals surface area contributed by atoms with E-state index >= 15 is 0 Å². The minimum Gasteiger partial charge on any atom is -2.00 e. The van der Waals surface area contributed by atoms with Gasteiger partial charge in [-0.3, -0.25) is 0 Å². The SMILES string of the molecule is [Ir+3].[O-2].[Pr+3].[Ru+3].[Ti+4]. The van der Waals surface area contributed by atoms with E-state index in [0.717, 1.165) is 0 Å². The molecule has 1 radical (unpaired) electrons. The van der Waals surface area contributed by atoms with E-state index < -0.39 is 0 Å². The smallest absolute Gasteiger partial charge is 2.00 e. The minimum atomic E-state index is 0. The van der Waals surface area contributed by atoms with Crippen molar-refractivity contribution in [3.8, 4) is 0 Å². The van der Waals surface area contributed by atoms with Crippen LogP contribution in [0.2, 0.25) is 0 Å². The second kappa shape index (κ2) is 26.6. The van der Waals surface area contributed by atoms with Gasteiger partial charge in [0.2, 0.25) is 0 Å². The van der Waals surface area contributed by atoms with Crippen molar-refractivity contribution in [2.45, 2.75) is 0 Å². The van der Waals surface area contributed by atoms with Gasteiger partial charge in [-0.15, -0.1) is 0 Å². The van der Waals surface area contributed by atoms with E-state index in [2.05, 4.69) is 0 Å². The van der Waals surface area contributed by atoms with Crippen molar-refractivity contribution in [3.63, 3.8) is 0 Å². The molecule has 0 unspecified atom stereocenters. The summed E-state index contributed by atoms with van der Waals surface area (Å²) >= 11 is 0. The van der Waals surface area contributed by atoms with Crippen LogP contribution in [0, 0.1) is 41.3 Å². The summed E-state index contributed by atoms with van der Waals surface area (Å²) in [5, 5.41) is 0. The molecule has 0 aromatic rings. The first-order chi connectivity index (χ1) is 0. The van der Waals surface area contributed by atoms with Crippen LogP contribution in [0.15, 0.2) is 0 Å².